The molecule has 2 N–H and O–H groups in total. The van der Waals surface area contributed by atoms with E-state index in [1.54, 1.807) is 38.1 Å². The van der Waals surface area contributed by atoms with Crippen molar-refractivity contribution in [3.63, 3.8) is 0 Å². The second-order valence-corrected chi connectivity index (χ2v) is 6.49. The summed E-state index contributed by atoms with van der Waals surface area (Å²) in [5.74, 6) is -0.751. The molecule has 2 amide bonds. The number of carbonyl (C=O) groups excluding carboxylic acids is 2. The molecule has 0 aliphatic carbocycles. The minimum atomic E-state index is -1.23. The number of para-hydroxylation sites is 1. The zero-order chi connectivity index (χ0) is 17.7. The molecular formula is C19H21ClN2O2. The lowest BCUT2D eigenvalue weighted by Gasteiger charge is -2.23. The lowest BCUT2D eigenvalue weighted by atomic mass is 9.90. The normalized spacial score (nSPS) is 11.0. The summed E-state index contributed by atoms with van der Waals surface area (Å²) in [5.41, 5.74) is 1.08. The van der Waals surface area contributed by atoms with Crippen LogP contribution in [-0.4, -0.2) is 11.8 Å². The van der Waals surface area contributed by atoms with E-state index in [0.29, 0.717) is 10.7 Å². The highest BCUT2D eigenvalue weighted by Gasteiger charge is 2.36. The number of carbonyl (C=O) groups is 2. The molecule has 4 nitrogen and oxygen atoms in total. The molecule has 0 radical (unpaired) electrons. The molecule has 2 rings (SSSR count). The average molecular weight is 345 g/mol. The number of aryl methyl sites for hydroxylation is 1. The third-order valence-corrected chi connectivity index (χ3v) is 4.10. The highest BCUT2D eigenvalue weighted by molar-refractivity contribution is 6.31. The van der Waals surface area contributed by atoms with E-state index >= 15 is 0 Å². The molecule has 0 atom stereocenters. The van der Waals surface area contributed by atoms with E-state index in [1.165, 1.54) is 0 Å². The van der Waals surface area contributed by atoms with Gasteiger partial charge in [0.25, 0.3) is 0 Å². The zero-order valence-electron chi connectivity index (χ0n) is 14.0. The van der Waals surface area contributed by atoms with E-state index in [-0.39, 0.29) is 5.91 Å². The van der Waals surface area contributed by atoms with Crippen LogP contribution >= 0.6 is 11.6 Å². The fraction of sp³-hybridized carbons (Fsp3) is 0.263. The zero-order valence-corrected chi connectivity index (χ0v) is 14.8. The maximum atomic E-state index is 12.6. The van der Waals surface area contributed by atoms with Gasteiger partial charge >= 0.3 is 0 Å². The first-order valence-electron chi connectivity index (χ1n) is 7.81. The van der Waals surface area contributed by atoms with E-state index in [2.05, 4.69) is 10.6 Å². The number of amides is 2. The minimum Gasteiger partial charge on any atom is -0.325 e. The van der Waals surface area contributed by atoms with Crippen LogP contribution in [0.3, 0.4) is 0 Å². The Morgan fingerprint density at radius 3 is 2.33 bits per heavy atom. The van der Waals surface area contributed by atoms with Crippen LogP contribution in [0.25, 0.3) is 0 Å². The number of anilines is 2. The monoisotopic (exact) mass is 344 g/mol. The number of nitrogens with one attached hydrogen (secondary N) is 2. The number of hydrogen-bond acceptors (Lipinski definition) is 2. The summed E-state index contributed by atoms with van der Waals surface area (Å²) in [7, 11) is 0. The molecule has 0 aliphatic rings. The summed E-state index contributed by atoms with van der Waals surface area (Å²) in [4.78, 5) is 25.1. The first kappa shape index (κ1) is 18.0. The molecule has 0 saturated carbocycles. The molecule has 0 saturated heterocycles. The smallest absolute Gasteiger partial charge is 0.239 e. The number of benzene rings is 2. The van der Waals surface area contributed by atoms with Crippen molar-refractivity contribution < 1.29 is 9.59 Å². The van der Waals surface area contributed by atoms with Gasteiger partial charge in [-0.25, -0.2) is 0 Å². The van der Waals surface area contributed by atoms with Gasteiger partial charge in [-0.1, -0.05) is 42.8 Å². The Morgan fingerprint density at radius 1 is 1.00 bits per heavy atom. The van der Waals surface area contributed by atoms with E-state index in [1.807, 2.05) is 31.2 Å². The Bertz CT molecular complexity index is 757. The van der Waals surface area contributed by atoms with E-state index in [4.69, 9.17) is 11.6 Å². The van der Waals surface area contributed by atoms with Gasteiger partial charge in [0.1, 0.15) is 5.41 Å². The Morgan fingerprint density at radius 2 is 1.67 bits per heavy atom. The van der Waals surface area contributed by atoms with Gasteiger partial charge in [-0.3, -0.25) is 9.59 Å². The van der Waals surface area contributed by atoms with Gasteiger partial charge in [0.15, 0.2) is 0 Å². The van der Waals surface area contributed by atoms with Crippen molar-refractivity contribution in [1.29, 1.82) is 0 Å². The summed E-state index contributed by atoms with van der Waals surface area (Å²) in [6.45, 7) is 5.20. The van der Waals surface area contributed by atoms with Gasteiger partial charge in [-0.15, -0.1) is 0 Å². The molecule has 0 heterocycles. The largest absolute Gasteiger partial charge is 0.325 e. The molecule has 2 aromatic rings. The van der Waals surface area contributed by atoms with Gasteiger partial charge in [0.05, 0.1) is 0 Å². The fourth-order valence-corrected chi connectivity index (χ4v) is 2.38. The molecule has 0 bridgehead atoms. The summed E-state index contributed by atoms with van der Waals surface area (Å²) in [5, 5.41) is 6.11. The third kappa shape index (κ3) is 4.15. The maximum absolute atomic E-state index is 12.6. The SMILES string of the molecule is CCc1ccccc1NC(=O)C(C)(C)C(=O)Nc1cccc(Cl)c1. The van der Waals surface area contributed by atoms with Gasteiger partial charge in [0, 0.05) is 16.4 Å². The average Bonchev–Trinajstić information content (AvgIpc) is 2.55. The topological polar surface area (TPSA) is 58.2 Å². The second-order valence-electron chi connectivity index (χ2n) is 6.05. The molecule has 0 aliphatic heterocycles. The molecule has 0 fully saturated rings. The van der Waals surface area contributed by atoms with Crippen LogP contribution in [0.2, 0.25) is 5.02 Å². The van der Waals surface area contributed by atoms with Crippen molar-refractivity contribution >= 4 is 34.8 Å². The Hall–Kier alpha value is -2.33. The first-order chi connectivity index (χ1) is 11.3. The standard InChI is InChI=1S/C19H21ClN2O2/c1-4-13-8-5-6-11-16(13)22-18(24)19(2,3)17(23)21-15-10-7-9-14(20)12-15/h5-12H,4H2,1-3H3,(H,21,23)(H,22,24). The Balaban J connectivity index is 2.13. The minimum absolute atomic E-state index is 0.358. The van der Waals surface area contributed by atoms with Crippen molar-refractivity contribution in [2.75, 3.05) is 10.6 Å². The molecule has 2 aromatic carbocycles. The predicted molar refractivity (Wildman–Crippen MR) is 98.3 cm³/mol. The van der Waals surface area contributed by atoms with Gasteiger partial charge in [0.2, 0.25) is 11.8 Å². The summed E-state index contributed by atoms with van der Waals surface area (Å²) in [6.07, 6.45) is 0.797. The number of rotatable bonds is 5. The van der Waals surface area contributed by atoms with Crippen molar-refractivity contribution in [1.82, 2.24) is 0 Å². The molecule has 24 heavy (non-hydrogen) atoms. The molecule has 0 unspecified atom stereocenters. The summed E-state index contributed by atoms with van der Waals surface area (Å²) < 4.78 is 0. The molecular weight excluding hydrogens is 324 g/mol. The second kappa shape index (κ2) is 7.49. The first-order valence-corrected chi connectivity index (χ1v) is 8.18. The number of halogens is 1. The van der Waals surface area contributed by atoms with Crippen molar-refractivity contribution in [3.8, 4) is 0 Å². The predicted octanol–water partition coefficient (Wildman–Crippen LogP) is 4.51. The van der Waals surface area contributed by atoms with E-state index < -0.39 is 11.3 Å². The van der Waals surface area contributed by atoms with Crippen molar-refractivity contribution in [2.24, 2.45) is 5.41 Å². The van der Waals surface area contributed by atoms with Gasteiger partial charge < -0.3 is 10.6 Å². The van der Waals surface area contributed by atoms with Crippen LogP contribution in [0.4, 0.5) is 11.4 Å². The Labute approximate surface area is 147 Å². The quantitative estimate of drug-likeness (QED) is 0.784. The van der Waals surface area contributed by atoms with Crippen LogP contribution in [-0.2, 0) is 16.0 Å². The molecule has 126 valence electrons. The van der Waals surface area contributed by atoms with Gasteiger partial charge in [-0.2, -0.15) is 0 Å². The lowest BCUT2D eigenvalue weighted by molar-refractivity contribution is -0.135. The van der Waals surface area contributed by atoms with Crippen LogP contribution in [0.15, 0.2) is 48.5 Å². The third-order valence-electron chi connectivity index (χ3n) is 3.86. The molecule has 5 heteroatoms. The van der Waals surface area contributed by atoms with Crippen LogP contribution in [0.1, 0.15) is 26.3 Å². The number of hydrogen-bond donors (Lipinski definition) is 2. The highest BCUT2D eigenvalue weighted by Crippen LogP contribution is 2.24. The molecule has 0 spiro atoms. The van der Waals surface area contributed by atoms with E-state index in [0.717, 1.165) is 17.7 Å². The van der Waals surface area contributed by atoms with Gasteiger partial charge in [-0.05, 0) is 50.1 Å². The van der Waals surface area contributed by atoms with Crippen LogP contribution in [0, 0.1) is 5.41 Å². The van der Waals surface area contributed by atoms with Crippen LogP contribution in [0.5, 0.6) is 0 Å². The van der Waals surface area contributed by atoms with Crippen molar-refractivity contribution in [3.05, 3.63) is 59.1 Å². The lowest BCUT2D eigenvalue weighted by Crippen LogP contribution is -2.41. The van der Waals surface area contributed by atoms with Crippen molar-refractivity contribution in [2.45, 2.75) is 27.2 Å². The summed E-state index contributed by atoms with van der Waals surface area (Å²) >= 11 is 5.92. The molecule has 0 aromatic heterocycles. The fourth-order valence-electron chi connectivity index (χ4n) is 2.19. The highest BCUT2D eigenvalue weighted by atomic mass is 35.5. The van der Waals surface area contributed by atoms with E-state index in [9.17, 15) is 9.59 Å². The maximum Gasteiger partial charge on any atom is 0.239 e. The summed E-state index contributed by atoms with van der Waals surface area (Å²) in [6, 6.07) is 14.4. The van der Waals surface area contributed by atoms with Crippen LogP contribution < -0.4 is 10.6 Å². The Kier molecular flexibility index (Phi) is 5.62.